The van der Waals surface area contributed by atoms with Crippen LogP contribution in [0.15, 0.2) is 30.3 Å². The minimum atomic E-state index is -0.281. The Hall–Kier alpha value is -1.35. The van der Waals surface area contributed by atoms with Gasteiger partial charge < -0.3 is 10.4 Å². The van der Waals surface area contributed by atoms with Gasteiger partial charge in [0, 0.05) is 5.92 Å². The molecule has 1 saturated carbocycles. The molecule has 0 spiro atoms. The van der Waals surface area contributed by atoms with Crippen molar-refractivity contribution in [2.45, 2.75) is 25.8 Å². The van der Waals surface area contributed by atoms with E-state index in [0.29, 0.717) is 5.92 Å². The number of benzene rings is 1. The van der Waals surface area contributed by atoms with Crippen LogP contribution >= 0.6 is 0 Å². The van der Waals surface area contributed by atoms with E-state index in [0.717, 1.165) is 18.4 Å². The molecule has 0 unspecified atom stereocenters. The fraction of sp³-hybridized carbons (Fsp3) is 0.500. The van der Waals surface area contributed by atoms with E-state index in [-0.39, 0.29) is 24.5 Å². The highest BCUT2D eigenvalue weighted by Gasteiger charge is 2.33. The zero-order valence-corrected chi connectivity index (χ0v) is 10.1. The van der Waals surface area contributed by atoms with E-state index in [1.807, 2.05) is 30.3 Å². The molecule has 1 aromatic rings. The maximum Gasteiger partial charge on any atom is 0.223 e. The molecule has 2 rings (SSSR count). The lowest BCUT2D eigenvalue weighted by Crippen LogP contribution is -2.42. The van der Waals surface area contributed by atoms with Gasteiger partial charge in [0.1, 0.15) is 0 Å². The molecule has 3 atom stereocenters. The van der Waals surface area contributed by atoms with Crippen LogP contribution in [0.25, 0.3) is 0 Å². The Morgan fingerprint density at radius 2 is 2.12 bits per heavy atom. The Labute approximate surface area is 102 Å². The molecule has 1 aromatic carbocycles. The van der Waals surface area contributed by atoms with Gasteiger partial charge in [0.15, 0.2) is 0 Å². The number of rotatable bonds is 4. The molecular formula is C14H19NO2. The average molecular weight is 233 g/mol. The molecule has 1 aliphatic carbocycles. The van der Waals surface area contributed by atoms with Crippen LogP contribution in [0.5, 0.6) is 0 Å². The van der Waals surface area contributed by atoms with E-state index in [2.05, 4.69) is 12.2 Å². The van der Waals surface area contributed by atoms with Crippen molar-refractivity contribution in [2.24, 2.45) is 11.8 Å². The second-order valence-electron chi connectivity index (χ2n) is 4.82. The molecule has 92 valence electrons. The molecule has 1 aliphatic rings. The minimum absolute atomic E-state index is 0.0587. The first-order valence-corrected chi connectivity index (χ1v) is 6.18. The number of carbonyl (C=O) groups excluding carboxylic acids is 1. The largest absolute Gasteiger partial charge is 0.394 e. The third-order valence-electron chi connectivity index (χ3n) is 3.66. The molecule has 0 aromatic heterocycles. The Morgan fingerprint density at radius 3 is 2.59 bits per heavy atom. The number of carbonyl (C=O) groups is 1. The number of aliphatic hydroxyl groups excluding tert-OH is 1. The summed E-state index contributed by atoms with van der Waals surface area (Å²) < 4.78 is 0. The van der Waals surface area contributed by atoms with Crippen LogP contribution in [0, 0.1) is 11.8 Å². The zero-order valence-electron chi connectivity index (χ0n) is 10.1. The number of hydrogen-bond acceptors (Lipinski definition) is 2. The maximum atomic E-state index is 12.0. The van der Waals surface area contributed by atoms with Crippen molar-refractivity contribution in [3.8, 4) is 0 Å². The van der Waals surface area contributed by atoms with Gasteiger partial charge in [0.05, 0.1) is 12.6 Å². The van der Waals surface area contributed by atoms with E-state index in [4.69, 9.17) is 0 Å². The van der Waals surface area contributed by atoms with Gasteiger partial charge in [-0.05, 0) is 24.3 Å². The molecule has 0 heterocycles. The van der Waals surface area contributed by atoms with Gasteiger partial charge in [-0.15, -0.1) is 0 Å². The van der Waals surface area contributed by atoms with Crippen LogP contribution in [-0.2, 0) is 4.79 Å². The van der Waals surface area contributed by atoms with E-state index in [1.165, 1.54) is 0 Å². The number of amides is 1. The average Bonchev–Trinajstić information content (AvgIpc) is 2.35. The third-order valence-corrected chi connectivity index (χ3v) is 3.66. The van der Waals surface area contributed by atoms with Gasteiger partial charge in [0.25, 0.3) is 0 Å². The van der Waals surface area contributed by atoms with Crippen LogP contribution in [0.2, 0.25) is 0 Å². The van der Waals surface area contributed by atoms with E-state index in [1.54, 1.807) is 0 Å². The number of nitrogens with one attached hydrogen (secondary N) is 1. The fourth-order valence-electron chi connectivity index (χ4n) is 2.25. The van der Waals surface area contributed by atoms with Gasteiger partial charge in [0.2, 0.25) is 5.91 Å². The summed E-state index contributed by atoms with van der Waals surface area (Å²) in [4.78, 5) is 12.0. The topological polar surface area (TPSA) is 49.3 Å². The summed E-state index contributed by atoms with van der Waals surface area (Å²) in [5, 5.41) is 12.3. The van der Waals surface area contributed by atoms with Crippen molar-refractivity contribution < 1.29 is 9.90 Å². The van der Waals surface area contributed by atoms with Gasteiger partial charge in [-0.3, -0.25) is 4.79 Å². The molecule has 2 N–H and O–H groups in total. The number of hydrogen-bond donors (Lipinski definition) is 2. The van der Waals surface area contributed by atoms with Crippen LogP contribution in [0.3, 0.4) is 0 Å². The first-order valence-electron chi connectivity index (χ1n) is 6.18. The Kier molecular flexibility index (Phi) is 3.79. The molecule has 0 aliphatic heterocycles. The normalized spacial score (nSPS) is 24.8. The monoisotopic (exact) mass is 233 g/mol. The Bertz CT molecular complexity index is 377. The fourth-order valence-corrected chi connectivity index (χ4v) is 2.25. The first-order chi connectivity index (χ1) is 8.22. The summed E-state index contributed by atoms with van der Waals surface area (Å²) in [5.74, 6) is 0.685. The zero-order chi connectivity index (χ0) is 12.3. The first kappa shape index (κ1) is 12.1. The van der Waals surface area contributed by atoms with E-state index in [9.17, 15) is 9.90 Å². The predicted octanol–water partition coefficient (Wildman–Crippen LogP) is 1.88. The van der Waals surface area contributed by atoms with Gasteiger partial charge in [-0.2, -0.15) is 0 Å². The highest BCUT2D eigenvalue weighted by Crippen LogP contribution is 2.34. The molecule has 1 fully saturated rings. The second-order valence-corrected chi connectivity index (χ2v) is 4.82. The van der Waals surface area contributed by atoms with Gasteiger partial charge in [-0.25, -0.2) is 0 Å². The van der Waals surface area contributed by atoms with Crippen molar-refractivity contribution in [3.63, 3.8) is 0 Å². The predicted molar refractivity (Wildman–Crippen MR) is 66.3 cm³/mol. The van der Waals surface area contributed by atoms with Gasteiger partial charge >= 0.3 is 0 Å². The summed E-state index contributed by atoms with van der Waals surface area (Å²) in [6, 6.07) is 9.31. The van der Waals surface area contributed by atoms with Crippen molar-refractivity contribution in [2.75, 3.05) is 6.61 Å². The Balaban J connectivity index is 1.98. The lowest BCUT2D eigenvalue weighted by molar-refractivity contribution is -0.130. The minimum Gasteiger partial charge on any atom is -0.394 e. The summed E-state index contributed by atoms with van der Waals surface area (Å²) in [5.41, 5.74) is 0.954. The molecule has 1 amide bonds. The van der Waals surface area contributed by atoms with Crippen molar-refractivity contribution in [1.82, 2.24) is 5.32 Å². The molecule has 3 heteroatoms. The van der Waals surface area contributed by atoms with Crippen molar-refractivity contribution in [1.29, 1.82) is 0 Å². The van der Waals surface area contributed by atoms with Crippen LogP contribution < -0.4 is 5.32 Å². The highest BCUT2D eigenvalue weighted by molar-refractivity contribution is 5.80. The van der Waals surface area contributed by atoms with Crippen molar-refractivity contribution in [3.05, 3.63) is 35.9 Å². The summed E-state index contributed by atoms with van der Waals surface area (Å²) >= 11 is 0. The third kappa shape index (κ3) is 2.67. The standard InChI is InChI=1S/C14H19NO2/c1-10-7-8-12(10)14(17)15-13(9-16)11-5-3-2-4-6-11/h2-6,10,12-13,16H,7-9H2,1H3,(H,15,17)/t10-,12+,13-/m0/s1. The molecule has 0 bridgehead atoms. The molecular weight excluding hydrogens is 214 g/mol. The smallest absolute Gasteiger partial charge is 0.223 e. The van der Waals surface area contributed by atoms with E-state index < -0.39 is 0 Å². The molecule has 0 saturated heterocycles. The lowest BCUT2D eigenvalue weighted by atomic mass is 9.74. The summed E-state index contributed by atoms with van der Waals surface area (Å²) in [7, 11) is 0. The molecule has 3 nitrogen and oxygen atoms in total. The lowest BCUT2D eigenvalue weighted by Gasteiger charge is -2.33. The van der Waals surface area contributed by atoms with E-state index >= 15 is 0 Å². The SMILES string of the molecule is C[C@H]1CC[C@H]1C(=O)N[C@@H](CO)c1ccccc1. The van der Waals surface area contributed by atoms with Crippen molar-refractivity contribution >= 4 is 5.91 Å². The Morgan fingerprint density at radius 1 is 1.41 bits per heavy atom. The van der Waals surface area contributed by atoms with Crippen LogP contribution in [-0.4, -0.2) is 17.6 Å². The molecule has 17 heavy (non-hydrogen) atoms. The van der Waals surface area contributed by atoms with Gasteiger partial charge in [-0.1, -0.05) is 37.3 Å². The quantitative estimate of drug-likeness (QED) is 0.834. The van der Waals surface area contributed by atoms with Crippen LogP contribution in [0.1, 0.15) is 31.4 Å². The maximum absolute atomic E-state index is 12.0. The van der Waals surface area contributed by atoms with Crippen LogP contribution in [0.4, 0.5) is 0 Å². The summed E-state index contributed by atoms with van der Waals surface area (Å²) in [6.45, 7) is 2.04. The number of aliphatic hydroxyl groups is 1. The molecule has 0 radical (unpaired) electrons. The highest BCUT2D eigenvalue weighted by atomic mass is 16.3. The summed E-state index contributed by atoms with van der Waals surface area (Å²) in [6.07, 6.45) is 2.10. The second kappa shape index (κ2) is 5.32.